The van der Waals surface area contributed by atoms with Crippen LogP contribution in [0.2, 0.25) is 0 Å². The maximum Gasteiger partial charge on any atom is 0.416 e. The molecule has 9 heteroatoms. The Morgan fingerprint density at radius 2 is 1.85 bits per heavy atom. The van der Waals surface area contributed by atoms with Gasteiger partial charge in [0.15, 0.2) is 0 Å². The number of likely N-dealkylation sites (tertiary alicyclic amines) is 1. The van der Waals surface area contributed by atoms with Crippen LogP contribution in [-0.4, -0.2) is 69.3 Å². The molecule has 1 saturated heterocycles. The van der Waals surface area contributed by atoms with Gasteiger partial charge in [-0.3, -0.25) is 9.69 Å². The zero-order valence-corrected chi connectivity index (χ0v) is 19.4. The summed E-state index contributed by atoms with van der Waals surface area (Å²) in [6.07, 6.45) is -4.41. The van der Waals surface area contributed by atoms with Crippen LogP contribution in [0.15, 0.2) is 48.5 Å². The molecule has 0 saturated carbocycles. The number of amides is 1. The monoisotopic (exact) mass is 482 g/mol. The third-order valence-electron chi connectivity index (χ3n) is 6.09. The largest absolute Gasteiger partial charge is 0.416 e. The molecule has 0 aliphatic carbocycles. The van der Waals surface area contributed by atoms with Crippen LogP contribution in [-0.2, 0) is 27.0 Å². The van der Waals surface area contributed by atoms with E-state index in [2.05, 4.69) is 4.90 Å². The van der Waals surface area contributed by atoms with Crippen molar-refractivity contribution in [3.05, 3.63) is 71.0 Å². The van der Waals surface area contributed by atoms with E-state index in [9.17, 15) is 22.4 Å². The number of hydrogen-bond donors (Lipinski definition) is 0. The zero-order chi connectivity index (χ0) is 24.7. The minimum atomic E-state index is -4.41. The van der Waals surface area contributed by atoms with Crippen LogP contribution in [0.1, 0.15) is 22.6 Å². The molecule has 0 bridgehead atoms. The number of ether oxygens (including phenoxy) is 2. The molecule has 1 heterocycles. The van der Waals surface area contributed by atoms with Gasteiger partial charge in [-0.25, -0.2) is 4.39 Å². The van der Waals surface area contributed by atoms with E-state index < -0.39 is 11.7 Å². The van der Waals surface area contributed by atoms with Gasteiger partial charge in [-0.2, -0.15) is 13.2 Å². The van der Waals surface area contributed by atoms with Crippen LogP contribution in [0.25, 0.3) is 0 Å². The lowest BCUT2D eigenvalue weighted by Crippen LogP contribution is -2.41. The number of benzene rings is 2. The van der Waals surface area contributed by atoms with E-state index in [1.807, 2.05) is 6.07 Å². The fraction of sp³-hybridized carbons (Fsp3) is 0.480. The minimum absolute atomic E-state index is 0.0368. The summed E-state index contributed by atoms with van der Waals surface area (Å²) in [7, 11) is 3.01. The predicted molar refractivity (Wildman–Crippen MR) is 120 cm³/mol. The van der Waals surface area contributed by atoms with Crippen LogP contribution in [0.4, 0.5) is 17.6 Å². The standard InChI is InChI=1S/C25H30F4N2O3/c1-33-10-9-31(24(32)17-34-2)15-20-14-30(16-23(20)19-6-4-8-22(26)12-19)13-18-5-3-7-21(11-18)25(27,28)29/h3-8,11-12,20,23H,9-10,13-17H2,1-2H3/t20-,23+/m1/s1. The second kappa shape index (κ2) is 11.8. The summed E-state index contributed by atoms with van der Waals surface area (Å²) in [5, 5.41) is 0. The fourth-order valence-corrected chi connectivity index (χ4v) is 4.51. The first-order chi connectivity index (χ1) is 16.2. The maximum absolute atomic E-state index is 14.0. The average Bonchev–Trinajstić information content (AvgIpc) is 3.18. The summed E-state index contributed by atoms with van der Waals surface area (Å²) < 4.78 is 63.6. The number of alkyl halides is 3. The topological polar surface area (TPSA) is 42.0 Å². The molecular formula is C25H30F4N2O3. The molecule has 0 N–H and O–H groups in total. The highest BCUT2D eigenvalue weighted by Gasteiger charge is 2.36. The minimum Gasteiger partial charge on any atom is -0.383 e. The molecule has 1 fully saturated rings. The van der Waals surface area contributed by atoms with Gasteiger partial charge < -0.3 is 14.4 Å². The Hall–Kier alpha value is -2.49. The molecular weight excluding hydrogens is 452 g/mol. The van der Waals surface area contributed by atoms with Gasteiger partial charge in [-0.15, -0.1) is 0 Å². The number of carbonyl (C=O) groups is 1. The molecule has 186 valence electrons. The maximum atomic E-state index is 14.0. The third kappa shape index (κ3) is 7.01. The summed E-state index contributed by atoms with van der Waals surface area (Å²) in [6, 6.07) is 11.7. The fourth-order valence-electron chi connectivity index (χ4n) is 4.51. The quantitative estimate of drug-likeness (QED) is 0.477. The van der Waals surface area contributed by atoms with Crippen molar-refractivity contribution in [2.24, 2.45) is 5.92 Å². The van der Waals surface area contributed by atoms with Crippen LogP contribution in [0.3, 0.4) is 0 Å². The smallest absolute Gasteiger partial charge is 0.383 e. The van der Waals surface area contributed by atoms with Crippen LogP contribution >= 0.6 is 0 Å². The van der Waals surface area contributed by atoms with Crippen molar-refractivity contribution < 1.29 is 31.8 Å². The zero-order valence-electron chi connectivity index (χ0n) is 19.4. The van der Waals surface area contributed by atoms with Gasteiger partial charge in [0.2, 0.25) is 5.91 Å². The summed E-state index contributed by atoms with van der Waals surface area (Å²) in [6.45, 7) is 2.53. The van der Waals surface area contributed by atoms with Crippen LogP contribution in [0, 0.1) is 11.7 Å². The van der Waals surface area contributed by atoms with E-state index >= 15 is 0 Å². The molecule has 2 aromatic carbocycles. The summed E-state index contributed by atoms with van der Waals surface area (Å²) >= 11 is 0. The molecule has 0 spiro atoms. The number of carbonyl (C=O) groups excluding carboxylic acids is 1. The van der Waals surface area contributed by atoms with Gasteiger partial charge in [0.05, 0.1) is 12.2 Å². The van der Waals surface area contributed by atoms with E-state index in [1.54, 1.807) is 24.1 Å². The van der Waals surface area contributed by atoms with Crippen molar-refractivity contribution in [1.82, 2.24) is 9.80 Å². The van der Waals surface area contributed by atoms with Gasteiger partial charge in [-0.1, -0.05) is 30.3 Å². The predicted octanol–water partition coefficient (Wildman–Crippen LogP) is 4.18. The SMILES string of the molecule is COCCN(C[C@H]1CN(Cc2cccc(C(F)(F)F)c2)C[C@H]1c1cccc(F)c1)C(=O)COC. The normalized spacial score (nSPS) is 18.9. The molecule has 1 amide bonds. The van der Waals surface area contributed by atoms with Gasteiger partial charge in [0.1, 0.15) is 12.4 Å². The van der Waals surface area contributed by atoms with Crippen molar-refractivity contribution >= 4 is 5.91 Å². The average molecular weight is 483 g/mol. The molecule has 34 heavy (non-hydrogen) atoms. The molecule has 0 aromatic heterocycles. The van der Waals surface area contributed by atoms with E-state index in [0.29, 0.717) is 44.9 Å². The van der Waals surface area contributed by atoms with E-state index in [1.165, 1.54) is 25.3 Å². The molecule has 1 aliphatic rings. The molecule has 1 aliphatic heterocycles. The highest BCUT2D eigenvalue weighted by atomic mass is 19.4. The van der Waals surface area contributed by atoms with Gasteiger partial charge in [-0.05, 0) is 35.2 Å². The third-order valence-corrected chi connectivity index (χ3v) is 6.09. The van der Waals surface area contributed by atoms with Crippen molar-refractivity contribution in [1.29, 1.82) is 0 Å². The molecule has 2 atom stereocenters. The second-order valence-electron chi connectivity index (χ2n) is 8.58. The number of methoxy groups -OCH3 is 2. The first kappa shape index (κ1) is 26.1. The molecule has 0 radical (unpaired) electrons. The van der Waals surface area contributed by atoms with Gasteiger partial charge in [0.25, 0.3) is 0 Å². The number of nitrogens with zero attached hydrogens (tertiary/aromatic N) is 2. The van der Waals surface area contributed by atoms with Gasteiger partial charge >= 0.3 is 6.18 Å². The van der Waals surface area contributed by atoms with Crippen molar-refractivity contribution in [2.45, 2.75) is 18.6 Å². The second-order valence-corrected chi connectivity index (χ2v) is 8.58. The lowest BCUT2D eigenvalue weighted by atomic mass is 9.88. The number of halogens is 4. The van der Waals surface area contributed by atoms with Crippen LogP contribution in [0.5, 0.6) is 0 Å². The Kier molecular flexibility index (Phi) is 9.04. The Morgan fingerprint density at radius 3 is 2.53 bits per heavy atom. The number of rotatable bonds is 10. The van der Waals surface area contributed by atoms with Gasteiger partial charge in [0, 0.05) is 52.9 Å². The summed E-state index contributed by atoms with van der Waals surface area (Å²) in [4.78, 5) is 16.3. The first-order valence-electron chi connectivity index (χ1n) is 11.1. The summed E-state index contributed by atoms with van der Waals surface area (Å²) in [5.74, 6) is -0.639. The Morgan fingerprint density at radius 1 is 1.09 bits per heavy atom. The van der Waals surface area contributed by atoms with E-state index in [0.717, 1.165) is 17.7 Å². The Labute approximate surface area is 197 Å². The lowest BCUT2D eigenvalue weighted by molar-refractivity contribution is -0.138. The van der Waals surface area contributed by atoms with Crippen LogP contribution < -0.4 is 0 Å². The molecule has 0 unspecified atom stereocenters. The highest BCUT2D eigenvalue weighted by Crippen LogP contribution is 2.35. The highest BCUT2D eigenvalue weighted by molar-refractivity contribution is 5.77. The lowest BCUT2D eigenvalue weighted by Gasteiger charge is -2.28. The summed E-state index contributed by atoms with van der Waals surface area (Å²) in [5.41, 5.74) is 0.681. The van der Waals surface area contributed by atoms with Crippen molar-refractivity contribution in [3.63, 3.8) is 0 Å². The Bertz CT molecular complexity index is 954. The Balaban J connectivity index is 1.82. The molecule has 5 nitrogen and oxygen atoms in total. The first-order valence-corrected chi connectivity index (χ1v) is 11.1. The van der Waals surface area contributed by atoms with Crippen molar-refractivity contribution in [2.75, 3.05) is 53.6 Å². The van der Waals surface area contributed by atoms with E-state index in [-0.39, 0.29) is 30.2 Å². The number of hydrogen-bond acceptors (Lipinski definition) is 4. The molecule has 3 rings (SSSR count). The van der Waals surface area contributed by atoms with E-state index in [4.69, 9.17) is 9.47 Å². The molecule has 2 aromatic rings. The van der Waals surface area contributed by atoms with Crippen molar-refractivity contribution in [3.8, 4) is 0 Å².